The highest BCUT2D eigenvalue weighted by atomic mass is 16.5. The maximum absolute atomic E-state index is 5.88. The quantitative estimate of drug-likeness (QED) is 0.688. The van der Waals surface area contributed by atoms with Crippen LogP contribution in [-0.2, 0) is 4.74 Å². The monoisotopic (exact) mass is 278 g/mol. The summed E-state index contributed by atoms with van der Waals surface area (Å²) >= 11 is 0. The summed E-state index contributed by atoms with van der Waals surface area (Å²) in [6.45, 7) is 4.76. The predicted molar refractivity (Wildman–Crippen MR) is 86.2 cm³/mol. The van der Waals surface area contributed by atoms with Gasteiger partial charge in [-0.2, -0.15) is 5.10 Å². The van der Waals surface area contributed by atoms with Crippen LogP contribution in [0.3, 0.4) is 0 Å². The summed E-state index contributed by atoms with van der Waals surface area (Å²) in [7, 11) is 0. The van der Waals surface area contributed by atoms with Crippen molar-refractivity contribution in [2.75, 3.05) is 6.61 Å². The molecule has 106 valence electrons. The first-order chi connectivity index (χ1) is 10.4. The van der Waals surface area contributed by atoms with Gasteiger partial charge in [0.25, 0.3) is 0 Å². The molecule has 0 bridgehead atoms. The fourth-order valence-corrected chi connectivity index (χ4v) is 3.25. The van der Waals surface area contributed by atoms with Gasteiger partial charge < -0.3 is 4.74 Å². The van der Waals surface area contributed by atoms with Crippen LogP contribution in [0, 0.1) is 0 Å². The topological polar surface area (TPSA) is 27.1 Å². The van der Waals surface area contributed by atoms with Crippen molar-refractivity contribution in [3.63, 3.8) is 0 Å². The third kappa shape index (κ3) is 1.96. The number of hydrogen-bond acceptors (Lipinski definition) is 2. The molecule has 0 aliphatic carbocycles. The van der Waals surface area contributed by atoms with E-state index < -0.39 is 0 Å². The zero-order valence-electron chi connectivity index (χ0n) is 12.0. The Morgan fingerprint density at radius 2 is 2.19 bits per heavy atom. The molecule has 21 heavy (non-hydrogen) atoms. The van der Waals surface area contributed by atoms with E-state index in [1.54, 1.807) is 0 Å². The van der Waals surface area contributed by atoms with E-state index in [4.69, 9.17) is 4.74 Å². The summed E-state index contributed by atoms with van der Waals surface area (Å²) < 4.78 is 7.91. The van der Waals surface area contributed by atoms with Crippen molar-refractivity contribution < 1.29 is 4.74 Å². The standard InChI is InChI=1S/C18H18N2O/c1-2-13-6-5-7-14-9-10-16-15(18(13)14)12-19-20(16)17-8-3-4-11-21-17/h2,5-7,9-10,12,17H,1,3-4,8,11H2. The highest BCUT2D eigenvalue weighted by molar-refractivity contribution is 6.10. The van der Waals surface area contributed by atoms with Crippen LogP contribution < -0.4 is 0 Å². The molecule has 0 spiro atoms. The van der Waals surface area contributed by atoms with E-state index in [1.807, 2.05) is 17.0 Å². The smallest absolute Gasteiger partial charge is 0.150 e. The zero-order valence-corrected chi connectivity index (χ0v) is 12.0. The van der Waals surface area contributed by atoms with Gasteiger partial charge in [-0.3, -0.25) is 0 Å². The Balaban J connectivity index is 1.96. The molecule has 1 atom stereocenters. The molecule has 4 rings (SSSR count). The molecule has 0 radical (unpaired) electrons. The molecule has 1 saturated heterocycles. The highest BCUT2D eigenvalue weighted by Gasteiger charge is 2.19. The van der Waals surface area contributed by atoms with Crippen LogP contribution in [0.15, 0.2) is 43.1 Å². The van der Waals surface area contributed by atoms with Gasteiger partial charge >= 0.3 is 0 Å². The van der Waals surface area contributed by atoms with E-state index >= 15 is 0 Å². The molecule has 1 unspecified atom stereocenters. The third-order valence-electron chi connectivity index (χ3n) is 4.30. The maximum Gasteiger partial charge on any atom is 0.150 e. The van der Waals surface area contributed by atoms with Gasteiger partial charge in [0.1, 0.15) is 0 Å². The number of ether oxygens (including phenoxy) is 1. The Labute approximate surface area is 123 Å². The lowest BCUT2D eigenvalue weighted by atomic mass is 10.0. The second-order valence-corrected chi connectivity index (χ2v) is 5.56. The van der Waals surface area contributed by atoms with Gasteiger partial charge in [0.2, 0.25) is 0 Å². The first-order valence-corrected chi connectivity index (χ1v) is 7.51. The van der Waals surface area contributed by atoms with Gasteiger partial charge in [0.05, 0.1) is 11.7 Å². The second kappa shape index (κ2) is 5.01. The van der Waals surface area contributed by atoms with Crippen LogP contribution in [0.5, 0.6) is 0 Å². The predicted octanol–water partition coefficient (Wildman–Crippen LogP) is 4.53. The minimum absolute atomic E-state index is 0.0737. The first kappa shape index (κ1) is 12.6. The van der Waals surface area contributed by atoms with Gasteiger partial charge in [-0.1, -0.05) is 36.9 Å². The molecule has 0 saturated carbocycles. The Morgan fingerprint density at radius 1 is 1.24 bits per heavy atom. The van der Waals surface area contributed by atoms with Crippen molar-refractivity contribution in [1.29, 1.82) is 0 Å². The summed E-state index contributed by atoms with van der Waals surface area (Å²) in [4.78, 5) is 0. The van der Waals surface area contributed by atoms with Crippen molar-refractivity contribution in [1.82, 2.24) is 9.78 Å². The number of hydrogen-bond donors (Lipinski definition) is 0. The molecule has 0 amide bonds. The van der Waals surface area contributed by atoms with Crippen LogP contribution in [0.1, 0.15) is 31.1 Å². The van der Waals surface area contributed by atoms with Crippen LogP contribution in [0.2, 0.25) is 0 Å². The van der Waals surface area contributed by atoms with E-state index in [0.29, 0.717) is 0 Å². The number of fused-ring (bicyclic) bond motifs is 3. The summed E-state index contributed by atoms with van der Waals surface area (Å²) in [6.07, 6.45) is 7.35. The molecule has 0 N–H and O–H groups in total. The fourth-order valence-electron chi connectivity index (χ4n) is 3.25. The lowest BCUT2D eigenvalue weighted by Gasteiger charge is -2.23. The summed E-state index contributed by atoms with van der Waals surface area (Å²) in [5, 5.41) is 8.23. The molecular formula is C18H18N2O. The zero-order chi connectivity index (χ0) is 14.2. The Bertz CT molecular complexity index is 813. The van der Waals surface area contributed by atoms with Crippen molar-refractivity contribution in [2.24, 2.45) is 0 Å². The van der Waals surface area contributed by atoms with E-state index in [1.165, 1.54) is 22.6 Å². The largest absolute Gasteiger partial charge is 0.356 e. The Morgan fingerprint density at radius 3 is 3.00 bits per heavy atom. The molecule has 2 heterocycles. The van der Waals surface area contributed by atoms with Gasteiger partial charge in [0, 0.05) is 12.0 Å². The highest BCUT2D eigenvalue weighted by Crippen LogP contribution is 2.32. The molecule has 1 aliphatic rings. The average molecular weight is 278 g/mol. The van der Waals surface area contributed by atoms with Crippen LogP contribution in [-0.4, -0.2) is 16.4 Å². The molecule has 1 fully saturated rings. The third-order valence-corrected chi connectivity index (χ3v) is 4.30. The van der Waals surface area contributed by atoms with E-state index in [0.717, 1.165) is 30.5 Å². The SMILES string of the molecule is C=Cc1cccc2ccc3c(cnn3C3CCCCO3)c12. The molecule has 2 aromatic carbocycles. The van der Waals surface area contributed by atoms with Crippen molar-refractivity contribution in [3.8, 4) is 0 Å². The molecular weight excluding hydrogens is 260 g/mol. The lowest BCUT2D eigenvalue weighted by molar-refractivity contribution is -0.0366. The average Bonchev–Trinajstić information content (AvgIpc) is 2.99. The van der Waals surface area contributed by atoms with Crippen LogP contribution >= 0.6 is 0 Å². The summed E-state index contributed by atoms with van der Waals surface area (Å²) in [5.41, 5.74) is 2.30. The fraction of sp³-hybridized carbons (Fsp3) is 0.278. The summed E-state index contributed by atoms with van der Waals surface area (Å²) in [6, 6.07) is 10.6. The number of aromatic nitrogens is 2. The molecule has 1 aromatic heterocycles. The second-order valence-electron chi connectivity index (χ2n) is 5.56. The number of benzene rings is 2. The Hall–Kier alpha value is -2.13. The number of rotatable bonds is 2. The molecule has 1 aliphatic heterocycles. The van der Waals surface area contributed by atoms with Crippen LogP contribution in [0.4, 0.5) is 0 Å². The van der Waals surface area contributed by atoms with Crippen molar-refractivity contribution >= 4 is 27.8 Å². The van der Waals surface area contributed by atoms with E-state index in [-0.39, 0.29) is 6.23 Å². The minimum Gasteiger partial charge on any atom is -0.356 e. The molecule has 3 nitrogen and oxygen atoms in total. The van der Waals surface area contributed by atoms with Gasteiger partial charge in [-0.25, -0.2) is 4.68 Å². The van der Waals surface area contributed by atoms with Gasteiger partial charge in [0.15, 0.2) is 6.23 Å². The Kier molecular flexibility index (Phi) is 3.00. The van der Waals surface area contributed by atoms with Crippen molar-refractivity contribution in [2.45, 2.75) is 25.5 Å². The van der Waals surface area contributed by atoms with Crippen LogP contribution in [0.25, 0.3) is 27.8 Å². The molecule has 3 heteroatoms. The normalized spacial score (nSPS) is 19.1. The van der Waals surface area contributed by atoms with E-state index in [9.17, 15) is 0 Å². The van der Waals surface area contributed by atoms with Crippen molar-refractivity contribution in [3.05, 3.63) is 48.7 Å². The number of nitrogens with zero attached hydrogens (tertiary/aromatic N) is 2. The first-order valence-electron chi connectivity index (χ1n) is 7.51. The van der Waals surface area contributed by atoms with Gasteiger partial charge in [-0.15, -0.1) is 0 Å². The molecule has 3 aromatic rings. The summed E-state index contributed by atoms with van der Waals surface area (Å²) in [5.74, 6) is 0. The minimum atomic E-state index is 0.0737. The van der Waals surface area contributed by atoms with Gasteiger partial charge in [-0.05, 0) is 41.7 Å². The van der Waals surface area contributed by atoms with E-state index in [2.05, 4.69) is 42.0 Å². The maximum atomic E-state index is 5.88. The lowest BCUT2D eigenvalue weighted by Crippen LogP contribution is -2.18.